The highest BCUT2D eigenvalue weighted by molar-refractivity contribution is 5.94. The van der Waals surface area contributed by atoms with Gasteiger partial charge < -0.3 is 39.1 Å². The van der Waals surface area contributed by atoms with E-state index in [1.807, 2.05) is 38.1 Å². The van der Waals surface area contributed by atoms with Crippen LogP contribution in [0.1, 0.15) is 133 Å². The van der Waals surface area contributed by atoms with Crippen molar-refractivity contribution < 1.29 is 57.6 Å². The average Bonchev–Trinajstić information content (AvgIpc) is 3.65. The van der Waals surface area contributed by atoms with Crippen molar-refractivity contribution in [2.75, 3.05) is 13.1 Å². The van der Waals surface area contributed by atoms with E-state index < -0.39 is 47.9 Å². The number of rotatable bonds is 12. The fourth-order valence-electron chi connectivity index (χ4n) is 12.7. The van der Waals surface area contributed by atoms with Crippen molar-refractivity contribution in [1.29, 1.82) is 0 Å². The van der Waals surface area contributed by atoms with Gasteiger partial charge in [-0.05, 0) is 144 Å². The van der Waals surface area contributed by atoms with Gasteiger partial charge in [-0.1, -0.05) is 27.7 Å². The third-order valence-corrected chi connectivity index (χ3v) is 16.4. The molecule has 7 unspecified atom stereocenters. The Kier molecular flexibility index (Phi) is 11.6. The van der Waals surface area contributed by atoms with Crippen LogP contribution in [0.25, 0.3) is 0 Å². The van der Waals surface area contributed by atoms with Gasteiger partial charge in [-0.25, -0.2) is 19.6 Å². The SMILES string of the molecule is C[C@H]1C(Oc2ccc(C(=O)NCCCCCNC(=O)c3ccc(O[C@H]4OC5O[C@]6(C)CCC7[C@H](C)CCC([C@H]4C)[C@@]57OO6)cc3)cc2)OC2O[C@@]3(C)CCC4[C@H](C)CCC1[C@@]24OO3. The van der Waals surface area contributed by atoms with Gasteiger partial charge in [-0.3, -0.25) is 9.59 Å². The van der Waals surface area contributed by atoms with Crippen LogP contribution in [0.4, 0.5) is 0 Å². The van der Waals surface area contributed by atoms with Crippen LogP contribution < -0.4 is 20.1 Å². The molecule has 10 aliphatic rings. The lowest BCUT2D eigenvalue weighted by atomic mass is 9.58. The Balaban J connectivity index is 0.644. The second kappa shape index (κ2) is 16.8. The molecule has 344 valence electrons. The van der Waals surface area contributed by atoms with Gasteiger partial charge in [0.2, 0.25) is 24.2 Å². The van der Waals surface area contributed by atoms with Crippen LogP contribution in [0.5, 0.6) is 11.5 Å². The standard InChI is InChI=1S/C49H66N2O12/c1-28-10-20-38-30(3)42(56-44-48(38)36(28)22-24-46(5,58-44)60-62-48)54-34-16-12-32(13-17-34)40(52)50-26-8-7-9-27-51-41(53)33-14-18-35(19-15-33)55-43-31(4)39-21-11-29(2)37-23-25-47(6)59-45(57-43)49(37,39)63-61-47/h12-19,28-31,36-39,42-45H,7-11,20-27H2,1-6H3,(H,50,52)(H,51,53)/t28-,29-,30-,31-,36?,37?,38?,39?,42+,43?,44?,45?,46+,47-,48-,49-/m1/s1. The van der Waals surface area contributed by atoms with Crippen molar-refractivity contribution in [2.24, 2.45) is 47.3 Å². The normalized spacial score (nSPS) is 43.4. The summed E-state index contributed by atoms with van der Waals surface area (Å²) in [6.07, 6.45) is 7.92. The van der Waals surface area contributed by atoms with Gasteiger partial charge in [0.15, 0.2) is 23.8 Å². The van der Waals surface area contributed by atoms with Crippen molar-refractivity contribution in [3.8, 4) is 11.5 Å². The fourth-order valence-corrected chi connectivity index (χ4v) is 12.7. The minimum Gasteiger partial charge on any atom is -0.465 e. The summed E-state index contributed by atoms with van der Waals surface area (Å²) in [5.41, 5.74) is -0.170. The number of fused-ring (bicyclic) bond motifs is 4. The topological polar surface area (TPSA) is 150 Å². The fraction of sp³-hybridized carbons (Fsp3) is 0.714. The summed E-state index contributed by atoms with van der Waals surface area (Å²) < 4.78 is 38.9. The predicted octanol–water partition coefficient (Wildman–Crippen LogP) is 8.19. The van der Waals surface area contributed by atoms with E-state index in [0.717, 1.165) is 70.6 Å². The maximum atomic E-state index is 13.0. The lowest BCUT2D eigenvalue weighted by Crippen LogP contribution is -2.70. The molecule has 0 radical (unpaired) electrons. The molecule has 2 aromatic rings. The zero-order chi connectivity index (χ0) is 43.7. The number of hydrogen-bond acceptors (Lipinski definition) is 12. The number of unbranched alkanes of at least 4 members (excludes halogenated alkanes) is 2. The third kappa shape index (κ3) is 7.67. The van der Waals surface area contributed by atoms with Crippen LogP contribution in [0.3, 0.4) is 0 Å². The molecule has 12 rings (SSSR count). The Morgan fingerprint density at radius 3 is 1.38 bits per heavy atom. The zero-order valence-corrected chi connectivity index (χ0v) is 37.6. The molecule has 14 heteroatoms. The smallest absolute Gasteiger partial charge is 0.251 e. The van der Waals surface area contributed by atoms with E-state index in [0.29, 0.717) is 59.4 Å². The van der Waals surface area contributed by atoms with Gasteiger partial charge in [0.05, 0.1) is 0 Å². The first kappa shape index (κ1) is 43.5. The summed E-state index contributed by atoms with van der Waals surface area (Å²) in [7, 11) is 0. The van der Waals surface area contributed by atoms with Gasteiger partial charge in [0.1, 0.15) is 11.5 Å². The molecule has 4 bridgehead atoms. The number of ether oxygens (including phenoxy) is 6. The Morgan fingerprint density at radius 2 is 0.968 bits per heavy atom. The van der Waals surface area contributed by atoms with Gasteiger partial charge >= 0.3 is 0 Å². The van der Waals surface area contributed by atoms with E-state index in [1.54, 1.807) is 24.3 Å². The Bertz CT molecular complexity index is 1850. The highest BCUT2D eigenvalue weighted by Crippen LogP contribution is 2.62. The first-order chi connectivity index (χ1) is 30.3. The molecule has 2 saturated carbocycles. The van der Waals surface area contributed by atoms with E-state index in [-0.39, 0.29) is 35.5 Å². The predicted molar refractivity (Wildman–Crippen MR) is 226 cm³/mol. The maximum absolute atomic E-state index is 13.0. The number of carbonyl (C=O) groups excluding carboxylic acids is 2. The van der Waals surface area contributed by atoms with E-state index in [9.17, 15) is 9.59 Å². The summed E-state index contributed by atoms with van der Waals surface area (Å²) in [6.45, 7) is 13.8. The van der Waals surface area contributed by atoms with Gasteiger partial charge in [0.25, 0.3) is 11.8 Å². The van der Waals surface area contributed by atoms with Crippen molar-refractivity contribution in [2.45, 2.75) is 160 Å². The molecule has 2 N–H and O–H groups in total. The average molecular weight is 875 g/mol. The lowest BCUT2D eigenvalue weighted by Gasteiger charge is -2.60. The molecule has 63 heavy (non-hydrogen) atoms. The van der Waals surface area contributed by atoms with Crippen LogP contribution >= 0.6 is 0 Å². The number of benzene rings is 2. The summed E-state index contributed by atoms with van der Waals surface area (Å²) in [5.74, 6) is 1.27. The maximum Gasteiger partial charge on any atom is 0.251 e. The quantitative estimate of drug-likeness (QED) is 0.156. The van der Waals surface area contributed by atoms with Crippen LogP contribution in [-0.4, -0.2) is 72.8 Å². The molecule has 2 aliphatic carbocycles. The van der Waals surface area contributed by atoms with Crippen LogP contribution in [0.15, 0.2) is 48.5 Å². The molecule has 0 aromatic heterocycles. The number of amides is 2. The number of hydrogen-bond donors (Lipinski definition) is 2. The molecule has 2 aromatic carbocycles. The molecule has 2 amide bonds. The molecule has 14 nitrogen and oxygen atoms in total. The van der Waals surface area contributed by atoms with E-state index in [2.05, 4.69) is 38.3 Å². The summed E-state index contributed by atoms with van der Waals surface area (Å²) in [5, 5.41) is 6.03. The van der Waals surface area contributed by atoms with E-state index in [1.165, 1.54) is 0 Å². The molecule has 8 saturated heterocycles. The van der Waals surface area contributed by atoms with E-state index in [4.69, 9.17) is 48.0 Å². The first-order valence-corrected chi connectivity index (χ1v) is 23.8. The molecule has 8 aliphatic heterocycles. The van der Waals surface area contributed by atoms with Gasteiger partial charge in [0, 0.05) is 60.7 Å². The number of carbonyl (C=O) groups is 2. The van der Waals surface area contributed by atoms with E-state index >= 15 is 0 Å². The van der Waals surface area contributed by atoms with Crippen molar-refractivity contribution in [1.82, 2.24) is 10.6 Å². The molecular weight excluding hydrogens is 809 g/mol. The Labute approximate surface area is 370 Å². The second-order valence-corrected chi connectivity index (χ2v) is 20.4. The Hall–Kier alpha value is -3.34. The van der Waals surface area contributed by atoms with Gasteiger partial charge in [-0.15, -0.1) is 0 Å². The monoisotopic (exact) mass is 874 g/mol. The minimum atomic E-state index is -0.843. The second-order valence-electron chi connectivity index (χ2n) is 20.4. The lowest BCUT2D eigenvalue weighted by molar-refractivity contribution is -0.575. The third-order valence-electron chi connectivity index (χ3n) is 16.4. The zero-order valence-electron chi connectivity index (χ0n) is 37.6. The molecule has 10 fully saturated rings. The molecule has 2 spiro atoms. The Morgan fingerprint density at radius 1 is 0.556 bits per heavy atom. The van der Waals surface area contributed by atoms with Crippen molar-refractivity contribution >= 4 is 11.8 Å². The van der Waals surface area contributed by atoms with Crippen molar-refractivity contribution in [3.63, 3.8) is 0 Å². The molecular formula is C49H66N2O12. The van der Waals surface area contributed by atoms with Crippen molar-refractivity contribution in [3.05, 3.63) is 59.7 Å². The van der Waals surface area contributed by atoms with Crippen LogP contribution in [0, 0.1) is 47.3 Å². The van der Waals surface area contributed by atoms with Crippen LogP contribution in [0.2, 0.25) is 0 Å². The minimum absolute atomic E-state index is 0.0439. The van der Waals surface area contributed by atoms with Gasteiger partial charge in [-0.2, -0.15) is 0 Å². The number of nitrogens with one attached hydrogen (secondary N) is 2. The molecule has 16 atom stereocenters. The summed E-state index contributed by atoms with van der Waals surface area (Å²) >= 11 is 0. The summed E-state index contributed by atoms with van der Waals surface area (Å²) in [6, 6.07) is 14.4. The largest absolute Gasteiger partial charge is 0.465 e. The first-order valence-electron chi connectivity index (χ1n) is 23.8. The highest BCUT2D eigenvalue weighted by atomic mass is 17.3. The highest BCUT2D eigenvalue weighted by Gasteiger charge is 2.71. The molecule has 8 heterocycles. The summed E-state index contributed by atoms with van der Waals surface area (Å²) in [4.78, 5) is 50.3. The van der Waals surface area contributed by atoms with Crippen LogP contribution in [-0.2, 0) is 38.5 Å².